The second kappa shape index (κ2) is 4.65. The number of halogens is 2. The average molecular weight is 255 g/mol. The molecule has 0 heterocycles. The topological polar surface area (TPSA) is 49.3 Å². The highest BCUT2D eigenvalue weighted by Crippen LogP contribution is 2.39. The highest BCUT2D eigenvalue weighted by atomic mass is 19.1. The molecule has 2 rings (SSSR count). The zero-order valence-electron chi connectivity index (χ0n) is 10.0. The van der Waals surface area contributed by atoms with E-state index in [-0.39, 0.29) is 12.5 Å². The minimum Gasteiger partial charge on any atom is -0.380 e. The maximum absolute atomic E-state index is 12.9. The fourth-order valence-corrected chi connectivity index (χ4v) is 1.91. The smallest absolute Gasteiger partial charge is 0.252 e. The third-order valence-electron chi connectivity index (χ3n) is 3.21. The molecule has 1 aromatic carbocycles. The number of carbonyl (C=O) groups is 1. The summed E-state index contributed by atoms with van der Waals surface area (Å²) in [5, 5.41) is 12.4. The fourth-order valence-electron chi connectivity index (χ4n) is 1.91. The lowest BCUT2D eigenvalue weighted by molar-refractivity contribution is -0.140. The molecule has 1 saturated carbocycles. The normalized spacial score (nSPS) is 18.2. The van der Waals surface area contributed by atoms with Gasteiger partial charge >= 0.3 is 0 Å². The molecule has 1 aliphatic rings. The van der Waals surface area contributed by atoms with Gasteiger partial charge < -0.3 is 10.4 Å². The van der Waals surface area contributed by atoms with Gasteiger partial charge in [-0.2, -0.15) is 0 Å². The quantitative estimate of drug-likeness (QED) is 0.861. The van der Waals surface area contributed by atoms with Gasteiger partial charge in [0.1, 0.15) is 17.2 Å². The summed E-state index contributed by atoms with van der Waals surface area (Å²) in [6.45, 7) is 1.46. The van der Waals surface area contributed by atoms with Gasteiger partial charge in [-0.25, -0.2) is 8.78 Å². The molecule has 0 spiro atoms. The molecular weight excluding hydrogens is 240 g/mol. The molecule has 3 nitrogen and oxygen atoms in total. The molecule has 1 atom stereocenters. The summed E-state index contributed by atoms with van der Waals surface area (Å²) >= 11 is 0. The van der Waals surface area contributed by atoms with Crippen molar-refractivity contribution >= 4 is 5.91 Å². The number of aliphatic hydroxyl groups is 1. The van der Waals surface area contributed by atoms with E-state index in [1.165, 1.54) is 6.92 Å². The highest BCUT2D eigenvalue weighted by molar-refractivity contribution is 5.85. The lowest BCUT2D eigenvalue weighted by Gasteiger charge is -2.21. The number of hydrogen-bond acceptors (Lipinski definition) is 2. The van der Waals surface area contributed by atoms with Crippen LogP contribution >= 0.6 is 0 Å². The summed E-state index contributed by atoms with van der Waals surface area (Å²) in [4.78, 5) is 11.7. The van der Waals surface area contributed by atoms with Crippen LogP contribution in [0.3, 0.4) is 0 Å². The first kappa shape index (κ1) is 13.0. The molecule has 98 valence electrons. The Morgan fingerprint density at radius 3 is 2.44 bits per heavy atom. The molecule has 0 bridgehead atoms. The lowest BCUT2D eigenvalue weighted by Crippen LogP contribution is -2.45. The third kappa shape index (κ3) is 2.85. The maximum atomic E-state index is 12.9. The Balaban J connectivity index is 1.96. The number of hydrogen-bond donors (Lipinski definition) is 2. The van der Waals surface area contributed by atoms with E-state index in [0.717, 1.165) is 31.0 Å². The number of benzene rings is 1. The van der Waals surface area contributed by atoms with Crippen molar-refractivity contribution in [2.45, 2.75) is 31.9 Å². The summed E-state index contributed by atoms with van der Waals surface area (Å²) in [5.74, 6) is -1.89. The van der Waals surface area contributed by atoms with Gasteiger partial charge in [0.15, 0.2) is 0 Å². The van der Waals surface area contributed by atoms with Crippen LogP contribution in [0.5, 0.6) is 0 Å². The van der Waals surface area contributed by atoms with E-state index in [4.69, 9.17) is 0 Å². The van der Waals surface area contributed by atoms with Crippen molar-refractivity contribution in [2.75, 3.05) is 0 Å². The van der Waals surface area contributed by atoms with Crippen LogP contribution in [0.25, 0.3) is 0 Å². The largest absolute Gasteiger partial charge is 0.380 e. The van der Waals surface area contributed by atoms with E-state index in [0.29, 0.717) is 5.56 Å². The zero-order chi connectivity index (χ0) is 13.3. The molecule has 0 radical (unpaired) electrons. The Bertz CT molecular complexity index is 450. The van der Waals surface area contributed by atoms with Crippen LogP contribution in [-0.4, -0.2) is 16.6 Å². The lowest BCUT2D eigenvalue weighted by atomic mass is 9.99. The second-order valence-corrected chi connectivity index (χ2v) is 4.88. The van der Waals surface area contributed by atoms with Crippen molar-refractivity contribution in [3.8, 4) is 0 Å². The summed E-state index contributed by atoms with van der Waals surface area (Å²) in [7, 11) is 0. The number of amides is 1. The van der Waals surface area contributed by atoms with Gasteiger partial charge in [0.05, 0.1) is 0 Å². The van der Waals surface area contributed by atoms with Gasteiger partial charge in [-0.05, 0) is 43.4 Å². The predicted octanol–water partition coefficient (Wildman–Crippen LogP) is 1.74. The molecule has 1 unspecified atom stereocenters. The van der Waals surface area contributed by atoms with Gasteiger partial charge in [-0.1, -0.05) is 0 Å². The van der Waals surface area contributed by atoms with Crippen LogP contribution in [0.2, 0.25) is 0 Å². The molecule has 0 aliphatic heterocycles. The summed E-state index contributed by atoms with van der Waals surface area (Å²) in [6.07, 6.45) is 1.66. The van der Waals surface area contributed by atoms with E-state index >= 15 is 0 Å². The average Bonchev–Trinajstić information content (AvgIpc) is 3.08. The van der Waals surface area contributed by atoms with Crippen LogP contribution in [0.4, 0.5) is 8.78 Å². The van der Waals surface area contributed by atoms with Crippen molar-refractivity contribution < 1.29 is 18.7 Å². The molecule has 1 amide bonds. The first-order valence-corrected chi connectivity index (χ1v) is 5.85. The summed E-state index contributed by atoms with van der Waals surface area (Å²) < 4.78 is 25.8. The molecule has 0 saturated heterocycles. The Hall–Kier alpha value is -1.49. The predicted molar refractivity (Wildman–Crippen MR) is 61.6 cm³/mol. The molecule has 1 aromatic rings. The van der Waals surface area contributed by atoms with E-state index < -0.39 is 23.1 Å². The zero-order valence-corrected chi connectivity index (χ0v) is 10.0. The van der Waals surface area contributed by atoms with E-state index in [1.807, 2.05) is 0 Å². The van der Waals surface area contributed by atoms with Crippen LogP contribution in [-0.2, 0) is 11.3 Å². The first-order valence-electron chi connectivity index (χ1n) is 5.85. The van der Waals surface area contributed by atoms with Crippen molar-refractivity contribution in [3.05, 3.63) is 35.4 Å². The second-order valence-electron chi connectivity index (χ2n) is 4.88. The van der Waals surface area contributed by atoms with Crippen molar-refractivity contribution in [1.82, 2.24) is 5.32 Å². The van der Waals surface area contributed by atoms with Gasteiger partial charge in [-0.15, -0.1) is 0 Å². The number of nitrogens with one attached hydrogen (secondary N) is 1. The molecule has 1 aliphatic carbocycles. The standard InChI is InChI=1S/C13H15F2NO2/c1-13(18,9-2-3-9)12(17)16-7-8-4-10(14)6-11(15)5-8/h4-6,9,18H,2-3,7H2,1H3,(H,16,17). The minimum atomic E-state index is -1.40. The van der Waals surface area contributed by atoms with Crippen LogP contribution in [0.1, 0.15) is 25.3 Å². The van der Waals surface area contributed by atoms with Crippen molar-refractivity contribution in [1.29, 1.82) is 0 Å². The van der Waals surface area contributed by atoms with E-state index in [9.17, 15) is 18.7 Å². The van der Waals surface area contributed by atoms with Crippen LogP contribution in [0, 0.1) is 17.6 Å². The van der Waals surface area contributed by atoms with E-state index in [1.54, 1.807) is 0 Å². The highest BCUT2D eigenvalue weighted by Gasteiger charge is 2.45. The number of rotatable bonds is 4. The Morgan fingerprint density at radius 1 is 1.39 bits per heavy atom. The Kier molecular flexibility index (Phi) is 3.34. The summed E-state index contributed by atoms with van der Waals surface area (Å²) in [6, 6.07) is 3.07. The molecule has 0 aromatic heterocycles. The summed E-state index contributed by atoms with van der Waals surface area (Å²) in [5.41, 5.74) is -1.07. The van der Waals surface area contributed by atoms with Crippen LogP contribution < -0.4 is 5.32 Å². The van der Waals surface area contributed by atoms with Crippen molar-refractivity contribution in [3.63, 3.8) is 0 Å². The molecule has 2 N–H and O–H groups in total. The number of carbonyl (C=O) groups excluding carboxylic acids is 1. The monoisotopic (exact) mass is 255 g/mol. The molecule has 18 heavy (non-hydrogen) atoms. The Labute approximate surface area is 104 Å². The SMILES string of the molecule is CC(O)(C(=O)NCc1cc(F)cc(F)c1)C1CC1. The molecule has 1 fully saturated rings. The van der Waals surface area contributed by atoms with Crippen LogP contribution in [0.15, 0.2) is 18.2 Å². The Morgan fingerprint density at radius 2 is 1.94 bits per heavy atom. The maximum Gasteiger partial charge on any atom is 0.252 e. The molecular formula is C13H15F2NO2. The van der Waals surface area contributed by atoms with Crippen molar-refractivity contribution in [2.24, 2.45) is 5.92 Å². The third-order valence-corrected chi connectivity index (χ3v) is 3.21. The van der Waals surface area contributed by atoms with Gasteiger partial charge in [-0.3, -0.25) is 4.79 Å². The van der Waals surface area contributed by atoms with Gasteiger partial charge in [0.2, 0.25) is 0 Å². The van der Waals surface area contributed by atoms with Gasteiger partial charge in [0, 0.05) is 12.6 Å². The van der Waals surface area contributed by atoms with E-state index in [2.05, 4.69) is 5.32 Å². The fraction of sp³-hybridized carbons (Fsp3) is 0.462. The molecule has 5 heteroatoms. The first-order chi connectivity index (χ1) is 8.39. The minimum absolute atomic E-state index is 0.00359. The van der Waals surface area contributed by atoms with Gasteiger partial charge in [0.25, 0.3) is 5.91 Å².